The summed E-state index contributed by atoms with van der Waals surface area (Å²) in [7, 11) is 0.731. The van der Waals surface area contributed by atoms with E-state index in [0.717, 1.165) is 23.4 Å². The van der Waals surface area contributed by atoms with Crippen molar-refractivity contribution in [1.82, 2.24) is 14.7 Å². The molecular weight excluding hydrogens is 487 g/mol. The maximum absolute atomic E-state index is 11.6. The molecule has 1 fully saturated rings. The molecule has 1 atom stereocenters. The number of nitrogens with zero attached hydrogens (tertiary/aromatic N) is 3. The van der Waals surface area contributed by atoms with Crippen LogP contribution in [0.25, 0.3) is 0 Å². The van der Waals surface area contributed by atoms with Crippen LogP contribution in [-0.2, 0) is 25.5 Å². The van der Waals surface area contributed by atoms with Gasteiger partial charge >= 0.3 is 17.9 Å². The van der Waals surface area contributed by atoms with Crippen LogP contribution in [0.3, 0.4) is 0 Å². The molecule has 11 nitrogen and oxygen atoms in total. The number of hydrogen-bond acceptors (Lipinski definition) is 8. The smallest absolute Gasteiger partial charge is 0.317 e. The lowest BCUT2D eigenvalue weighted by Gasteiger charge is -2.36. The molecule has 198 valence electrons. The Balaban J connectivity index is 2.26. The first kappa shape index (κ1) is 29.7. The lowest BCUT2D eigenvalue weighted by atomic mass is 9.82. The van der Waals surface area contributed by atoms with Crippen LogP contribution in [0, 0.1) is 0 Å². The fourth-order valence-corrected chi connectivity index (χ4v) is 4.18. The SMILES string of the molecule is CBC(=S)Nc1ccc(C[C@H]2CN(CC(=O)O)CCN(CC(=O)O)CCOCCN2CC(=O)O)cc1. The Kier molecular flexibility index (Phi) is 12.8. The maximum Gasteiger partial charge on any atom is 0.317 e. The Labute approximate surface area is 217 Å². The number of rotatable bonds is 10. The van der Waals surface area contributed by atoms with Gasteiger partial charge in [-0.25, -0.2) is 0 Å². The first-order valence-electron chi connectivity index (χ1n) is 12.0. The van der Waals surface area contributed by atoms with E-state index in [1.807, 2.05) is 36.0 Å². The molecule has 0 saturated carbocycles. The van der Waals surface area contributed by atoms with Crippen LogP contribution in [0.2, 0.25) is 6.82 Å². The van der Waals surface area contributed by atoms with Gasteiger partial charge in [-0.2, -0.15) is 0 Å². The first-order chi connectivity index (χ1) is 17.2. The van der Waals surface area contributed by atoms with Gasteiger partial charge in [0.05, 0.1) is 32.8 Å². The molecule has 0 bridgehead atoms. The fourth-order valence-electron chi connectivity index (χ4n) is 4.06. The highest BCUT2D eigenvalue weighted by atomic mass is 32.1. The zero-order valence-electron chi connectivity index (χ0n) is 20.6. The predicted octanol–water partition coefficient (Wildman–Crippen LogP) is -0.0309. The quantitative estimate of drug-likeness (QED) is 0.242. The number of carbonyl (C=O) groups is 3. The van der Waals surface area contributed by atoms with Crippen LogP contribution in [0.1, 0.15) is 5.56 Å². The molecule has 1 aliphatic heterocycles. The van der Waals surface area contributed by atoms with Crippen molar-refractivity contribution in [3.8, 4) is 0 Å². The summed E-state index contributed by atoms with van der Waals surface area (Å²) in [6.07, 6.45) is 0.501. The van der Waals surface area contributed by atoms with Gasteiger partial charge in [-0.3, -0.25) is 29.1 Å². The van der Waals surface area contributed by atoms with Crippen LogP contribution in [0.15, 0.2) is 24.3 Å². The summed E-state index contributed by atoms with van der Waals surface area (Å²) in [5, 5.41) is 31.4. The van der Waals surface area contributed by atoms with Gasteiger partial charge in [0.1, 0.15) is 0 Å². The summed E-state index contributed by atoms with van der Waals surface area (Å²) in [5.74, 6) is -2.94. The largest absolute Gasteiger partial charge is 0.480 e. The van der Waals surface area contributed by atoms with Gasteiger partial charge in [0.15, 0.2) is 7.28 Å². The third kappa shape index (κ3) is 11.4. The minimum atomic E-state index is -0.999. The molecule has 0 amide bonds. The molecule has 1 aromatic carbocycles. The van der Waals surface area contributed by atoms with Crippen molar-refractivity contribution in [2.45, 2.75) is 19.3 Å². The Morgan fingerprint density at radius 3 is 2.14 bits per heavy atom. The zero-order valence-corrected chi connectivity index (χ0v) is 21.4. The molecule has 0 aliphatic carbocycles. The van der Waals surface area contributed by atoms with Crippen LogP contribution in [0.4, 0.5) is 5.69 Å². The van der Waals surface area contributed by atoms with Gasteiger partial charge in [0.25, 0.3) is 0 Å². The zero-order chi connectivity index (χ0) is 26.5. The van der Waals surface area contributed by atoms with Crippen molar-refractivity contribution in [3.05, 3.63) is 29.8 Å². The van der Waals surface area contributed by atoms with Crippen molar-refractivity contribution in [1.29, 1.82) is 0 Å². The minimum Gasteiger partial charge on any atom is -0.480 e. The van der Waals surface area contributed by atoms with Crippen LogP contribution >= 0.6 is 12.2 Å². The number of carboxylic acid groups (broad SMARTS) is 3. The highest BCUT2D eigenvalue weighted by Gasteiger charge is 2.26. The number of thiocarbonyl (C=S) groups is 1. The minimum absolute atomic E-state index is 0.166. The summed E-state index contributed by atoms with van der Waals surface area (Å²) in [5.41, 5.74) is 1.84. The molecular formula is C23H35BN4O7S. The number of aliphatic carboxylic acids is 3. The molecule has 1 aliphatic rings. The molecule has 2 rings (SSSR count). The molecule has 36 heavy (non-hydrogen) atoms. The summed E-state index contributed by atoms with van der Waals surface area (Å²) in [4.78, 5) is 40.5. The van der Waals surface area contributed by atoms with Crippen LogP contribution in [0.5, 0.6) is 0 Å². The molecule has 0 radical (unpaired) electrons. The van der Waals surface area contributed by atoms with E-state index in [1.54, 1.807) is 9.80 Å². The third-order valence-electron chi connectivity index (χ3n) is 5.88. The number of carboxylic acids is 3. The van der Waals surface area contributed by atoms with Crippen molar-refractivity contribution in [3.63, 3.8) is 0 Å². The Morgan fingerprint density at radius 2 is 1.53 bits per heavy atom. The van der Waals surface area contributed by atoms with E-state index in [2.05, 4.69) is 5.32 Å². The van der Waals surface area contributed by atoms with Crippen LogP contribution in [-0.4, -0.2) is 132 Å². The first-order valence-corrected chi connectivity index (χ1v) is 12.4. The van der Waals surface area contributed by atoms with Crippen LogP contribution < -0.4 is 5.32 Å². The van der Waals surface area contributed by atoms with Gasteiger partial charge in [-0.05, 0) is 24.1 Å². The van der Waals surface area contributed by atoms with E-state index in [0.29, 0.717) is 45.8 Å². The standard InChI is InChI=1S/C23H35BN4O7S/c1-24-23(36)25-18-4-2-17(3-5-18)12-19-13-27(15-21(31)32)7-6-26(14-20(29)30)8-10-35-11-9-28(19)16-22(33)34/h2-5,19,24H,6-16H2,1H3,(H,25,36)(H,29,30)(H,31,32)(H,33,34)/t19-/m0/s1. The number of anilines is 1. The van der Waals surface area contributed by atoms with E-state index in [-0.39, 0.29) is 32.3 Å². The second-order valence-electron chi connectivity index (χ2n) is 8.73. The van der Waals surface area contributed by atoms with E-state index in [1.165, 1.54) is 0 Å². The normalized spacial score (nSPS) is 19.0. The number of ether oxygens (including phenoxy) is 1. The summed E-state index contributed by atoms with van der Waals surface area (Å²) in [6, 6.07) is 7.42. The highest BCUT2D eigenvalue weighted by Crippen LogP contribution is 2.16. The molecule has 13 heteroatoms. The van der Waals surface area contributed by atoms with Gasteiger partial charge < -0.3 is 25.4 Å². The average Bonchev–Trinajstić information content (AvgIpc) is 2.80. The second kappa shape index (κ2) is 15.5. The van der Waals surface area contributed by atoms with Crippen molar-refractivity contribution in [2.24, 2.45) is 0 Å². The highest BCUT2D eigenvalue weighted by molar-refractivity contribution is 7.83. The maximum atomic E-state index is 11.6. The lowest BCUT2D eigenvalue weighted by Crippen LogP contribution is -2.51. The van der Waals surface area contributed by atoms with E-state index in [4.69, 9.17) is 17.0 Å². The fraction of sp³-hybridized carbons (Fsp3) is 0.565. The van der Waals surface area contributed by atoms with Crippen molar-refractivity contribution in [2.75, 3.05) is 70.9 Å². The number of benzene rings is 1. The van der Waals surface area contributed by atoms with Crippen molar-refractivity contribution >= 4 is 48.0 Å². The third-order valence-corrected chi connectivity index (χ3v) is 6.27. The van der Waals surface area contributed by atoms with Gasteiger partial charge in [-0.1, -0.05) is 31.2 Å². The number of nitrogens with one attached hydrogen (secondary N) is 1. The summed E-state index contributed by atoms with van der Waals surface area (Å²) >= 11 is 5.23. The Morgan fingerprint density at radius 1 is 0.944 bits per heavy atom. The molecule has 1 heterocycles. The Bertz CT molecular complexity index is 890. The van der Waals surface area contributed by atoms with Gasteiger partial charge in [0.2, 0.25) is 0 Å². The molecule has 0 spiro atoms. The molecule has 1 aromatic rings. The average molecular weight is 522 g/mol. The van der Waals surface area contributed by atoms with E-state index >= 15 is 0 Å². The Hall–Kier alpha value is -2.58. The van der Waals surface area contributed by atoms with Gasteiger partial charge in [0, 0.05) is 49.3 Å². The van der Waals surface area contributed by atoms with E-state index in [9.17, 15) is 29.7 Å². The summed E-state index contributed by atoms with van der Waals surface area (Å²) < 4.78 is 5.69. The topological polar surface area (TPSA) is 143 Å². The number of hydrogen-bond donors (Lipinski definition) is 4. The molecule has 1 saturated heterocycles. The second-order valence-corrected chi connectivity index (χ2v) is 9.22. The lowest BCUT2D eigenvalue weighted by molar-refractivity contribution is -0.141. The van der Waals surface area contributed by atoms with Crippen molar-refractivity contribution < 1.29 is 34.4 Å². The monoisotopic (exact) mass is 522 g/mol. The summed E-state index contributed by atoms with van der Waals surface area (Å²) in [6.45, 7) is 3.67. The predicted molar refractivity (Wildman–Crippen MR) is 141 cm³/mol. The molecule has 4 N–H and O–H groups in total. The molecule has 0 aromatic heterocycles. The molecule has 0 unspecified atom stereocenters. The van der Waals surface area contributed by atoms with Gasteiger partial charge in [-0.15, -0.1) is 0 Å². The van der Waals surface area contributed by atoms with E-state index < -0.39 is 17.9 Å².